The van der Waals surface area contributed by atoms with Gasteiger partial charge in [0.25, 0.3) is 5.91 Å². The Bertz CT molecular complexity index is 1060. The molecule has 1 aliphatic rings. The van der Waals surface area contributed by atoms with Crippen LogP contribution < -0.4 is 15.0 Å². The molecule has 0 aliphatic carbocycles. The molecular weight excluding hydrogens is 396 g/mol. The van der Waals surface area contributed by atoms with Gasteiger partial charge in [0, 0.05) is 30.3 Å². The quantitative estimate of drug-likeness (QED) is 0.698. The lowest BCUT2D eigenvalue weighted by Gasteiger charge is -2.28. The first-order chi connectivity index (χ1) is 14.7. The fourth-order valence-electron chi connectivity index (χ4n) is 3.76. The molecule has 0 saturated heterocycles. The average molecular weight is 422 g/mol. The van der Waals surface area contributed by atoms with Gasteiger partial charge in [-0.1, -0.05) is 38.1 Å². The summed E-state index contributed by atoms with van der Waals surface area (Å²) in [6, 6.07) is 12.9. The number of amides is 2. The molecule has 1 atom stereocenters. The summed E-state index contributed by atoms with van der Waals surface area (Å²) in [4.78, 5) is 39.1. The zero-order chi connectivity index (χ0) is 22.7. The molecule has 7 nitrogen and oxygen atoms in total. The van der Waals surface area contributed by atoms with Crippen molar-refractivity contribution in [1.29, 1.82) is 0 Å². The molecule has 1 unspecified atom stereocenters. The smallest absolute Gasteiger partial charge is 0.294 e. The number of aliphatic hydroxyl groups excluding tert-OH is 1. The van der Waals surface area contributed by atoms with E-state index in [1.807, 2.05) is 13.8 Å². The summed E-state index contributed by atoms with van der Waals surface area (Å²) < 4.78 is 5.49. The van der Waals surface area contributed by atoms with Crippen LogP contribution in [0.2, 0.25) is 0 Å². The van der Waals surface area contributed by atoms with E-state index in [0.717, 1.165) is 0 Å². The highest BCUT2D eigenvalue weighted by Crippen LogP contribution is 2.44. The van der Waals surface area contributed by atoms with Crippen LogP contribution >= 0.6 is 0 Å². The van der Waals surface area contributed by atoms with Gasteiger partial charge in [0.15, 0.2) is 11.5 Å². The third-order valence-corrected chi connectivity index (χ3v) is 4.98. The largest absolute Gasteiger partial charge is 0.503 e. The normalized spacial score (nSPS) is 16.1. The predicted octanol–water partition coefficient (Wildman–Crippen LogP) is 4.17. The van der Waals surface area contributed by atoms with Gasteiger partial charge in [-0.3, -0.25) is 19.3 Å². The number of hydrogen-bond donors (Lipinski definition) is 2. The van der Waals surface area contributed by atoms with Crippen molar-refractivity contribution in [2.45, 2.75) is 33.2 Å². The number of carbonyl (C=O) groups is 3. The van der Waals surface area contributed by atoms with Crippen molar-refractivity contribution in [3.8, 4) is 5.75 Å². The number of nitrogens with one attached hydrogen (secondary N) is 1. The number of para-hydroxylation sites is 1. The third-order valence-electron chi connectivity index (χ3n) is 4.98. The molecule has 162 valence electrons. The Balaban J connectivity index is 2.18. The standard InChI is InChI=1S/C24H26N2O5/c1-14(2)12-19(28)21-22(18-10-5-6-11-20(18)31-4)26(24(30)23(21)29)17-9-7-8-16(13-17)25-15(3)27/h5-11,13-14,22,29H,12H2,1-4H3,(H,25,27). The molecule has 3 rings (SSSR count). The molecule has 7 heteroatoms. The molecule has 1 heterocycles. The lowest BCUT2D eigenvalue weighted by atomic mass is 9.91. The third kappa shape index (κ3) is 4.45. The monoisotopic (exact) mass is 422 g/mol. The number of hydrogen-bond acceptors (Lipinski definition) is 5. The molecule has 0 aromatic heterocycles. The van der Waals surface area contributed by atoms with Crippen molar-refractivity contribution in [3.63, 3.8) is 0 Å². The van der Waals surface area contributed by atoms with Crippen molar-refractivity contribution in [2.75, 3.05) is 17.3 Å². The molecule has 0 spiro atoms. The number of Topliss-reactive ketones (excluding diaryl/α,β-unsaturated/α-hetero) is 1. The van der Waals surface area contributed by atoms with Crippen LogP contribution in [0, 0.1) is 5.92 Å². The maximum Gasteiger partial charge on any atom is 0.294 e. The summed E-state index contributed by atoms with van der Waals surface area (Å²) in [6.45, 7) is 5.19. The van der Waals surface area contributed by atoms with Crippen LogP contribution in [0.15, 0.2) is 59.9 Å². The SMILES string of the molecule is COc1ccccc1C1C(C(=O)CC(C)C)=C(O)C(=O)N1c1cccc(NC(C)=O)c1. The van der Waals surface area contributed by atoms with Crippen molar-refractivity contribution in [3.05, 3.63) is 65.4 Å². The number of ketones is 1. The lowest BCUT2D eigenvalue weighted by Crippen LogP contribution is -2.31. The Morgan fingerprint density at radius 1 is 1.16 bits per heavy atom. The van der Waals surface area contributed by atoms with Crippen molar-refractivity contribution < 1.29 is 24.2 Å². The van der Waals surface area contributed by atoms with E-state index in [1.54, 1.807) is 48.5 Å². The Kier molecular flexibility index (Phi) is 6.44. The molecule has 1 aliphatic heterocycles. The first-order valence-corrected chi connectivity index (χ1v) is 10.0. The van der Waals surface area contributed by atoms with E-state index >= 15 is 0 Å². The van der Waals surface area contributed by atoms with Crippen LogP contribution in [0.25, 0.3) is 0 Å². The minimum atomic E-state index is -0.859. The fraction of sp³-hybridized carbons (Fsp3) is 0.292. The number of nitrogens with zero attached hydrogens (tertiary/aromatic N) is 1. The lowest BCUT2D eigenvalue weighted by molar-refractivity contribution is -0.118. The first-order valence-electron chi connectivity index (χ1n) is 10.0. The van der Waals surface area contributed by atoms with E-state index in [-0.39, 0.29) is 29.6 Å². The predicted molar refractivity (Wildman–Crippen MR) is 118 cm³/mol. The highest BCUT2D eigenvalue weighted by molar-refractivity contribution is 6.16. The Hall–Kier alpha value is -3.61. The van der Waals surface area contributed by atoms with Crippen LogP contribution in [-0.4, -0.2) is 29.8 Å². The number of methoxy groups -OCH3 is 1. The van der Waals surface area contributed by atoms with E-state index in [0.29, 0.717) is 22.7 Å². The summed E-state index contributed by atoms with van der Waals surface area (Å²) in [5.41, 5.74) is 1.57. The van der Waals surface area contributed by atoms with Gasteiger partial charge >= 0.3 is 0 Å². The Morgan fingerprint density at radius 2 is 1.87 bits per heavy atom. The molecule has 2 N–H and O–H groups in total. The zero-order valence-corrected chi connectivity index (χ0v) is 18.0. The van der Waals surface area contributed by atoms with E-state index < -0.39 is 17.7 Å². The molecule has 2 aromatic rings. The van der Waals surface area contributed by atoms with Crippen molar-refractivity contribution in [2.24, 2.45) is 5.92 Å². The van der Waals surface area contributed by atoms with Crippen LogP contribution in [0.4, 0.5) is 11.4 Å². The molecule has 0 fully saturated rings. The van der Waals surface area contributed by atoms with E-state index in [2.05, 4.69) is 5.32 Å². The summed E-state index contributed by atoms with van der Waals surface area (Å²) >= 11 is 0. The molecule has 0 saturated carbocycles. The minimum absolute atomic E-state index is 0.0492. The molecule has 0 radical (unpaired) electrons. The molecule has 2 aromatic carbocycles. The number of aliphatic hydroxyl groups is 1. The highest BCUT2D eigenvalue weighted by atomic mass is 16.5. The number of benzene rings is 2. The topological polar surface area (TPSA) is 95.9 Å². The van der Waals surface area contributed by atoms with Crippen LogP contribution in [0.3, 0.4) is 0 Å². The van der Waals surface area contributed by atoms with Gasteiger partial charge in [-0.15, -0.1) is 0 Å². The molecule has 0 bridgehead atoms. The van der Waals surface area contributed by atoms with Gasteiger partial charge < -0.3 is 15.2 Å². The molecular formula is C24H26N2O5. The van der Waals surface area contributed by atoms with Crippen LogP contribution in [0.5, 0.6) is 5.75 Å². The van der Waals surface area contributed by atoms with Gasteiger partial charge in [0.1, 0.15) is 5.75 Å². The van der Waals surface area contributed by atoms with E-state index in [1.165, 1.54) is 18.9 Å². The first kappa shape index (κ1) is 22.1. The van der Waals surface area contributed by atoms with E-state index in [4.69, 9.17) is 4.74 Å². The second kappa shape index (κ2) is 9.04. The maximum atomic E-state index is 13.2. The van der Waals surface area contributed by atoms with Gasteiger partial charge in [-0.25, -0.2) is 0 Å². The van der Waals surface area contributed by atoms with Gasteiger partial charge in [-0.2, -0.15) is 0 Å². The number of ether oxygens (including phenoxy) is 1. The second-order valence-electron chi connectivity index (χ2n) is 7.83. The van der Waals surface area contributed by atoms with E-state index in [9.17, 15) is 19.5 Å². The summed E-state index contributed by atoms with van der Waals surface area (Å²) in [5, 5.41) is 13.4. The summed E-state index contributed by atoms with van der Waals surface area (Å²) in [5.74, 6) is -1.24. The highest BCUT2D eigenvalue weighted by Gasteiger charge is 2.45. The summed E-state index contributed by atoms with van der Waals surface area (Å²) in [6.07, 6.45) is 0.193. The van der Waals surface area contributed by atoms with Gasteiger partial charge in [0.05, 0.1) is 18.7 Å². The molecule has 2 amide bonds. The van der Waals surface area contributed by atoms with Crippen LogP contribution in [0.1, 0.15) is 38.8 Å². The van der Waals surface area contributed by atoms with Gasteiger partial charge in [-0.05, 0) is 30.2 Å². The number of carbonyl (C=O) groups excluding carboxylic acids is 3. The van der Waals surface area contributed by atoms with Crippen LogP contribution in [-0.2, 0) is 14.4 Å². The van der Waals surface area contributed by atoms with Gasteiger partial charge in [0.2, 0.25) is 5.91 Å². The van der Waals surface area contributed by atoms with Crippen molar-refractivity contribution in [1.82, 2.24) is 0 Å². The minimum Gasteiger partial charge on any atom is -0.503 e. The second-order valence-corrected chi connectivity index (χ2v) is 7.83. The number of anilines is 2. The Labute approximate surface area is 181 Å². The maximum absolute atomic E-state index is 13.2. The molecule has 31 heavy (non-hydrogen) atoms. The zero-order valence-electron chi connectivity index (χ0n) is 18.0. The van der Waals surface area contributed by atoms with Crippen molar-refractivity contribution >= 4 is 29.0 Å². The number of rotatable bonds is 7. The Morgan fingerprint density at radius 3 is 2.52 bits per heavy atom. The fourth-order valence-corrected chi connectivity index (χ4v) is 3.76. The summed E-state index contributed by atoms with van der Waals surface area (Å²) in [7, 11) is 1.51. The average Bonchev–Trinajstić information content (AvgIpc) is 2.98.